The van der Waals surface area contributed by atoms with Gasteiger partial charge in [0, 0.05) is 135 Å². The molecule has 32 bridgehead atoms. The predicted molar refractivity (Wildman–Crippen MR) is 558 cm³/mol. The van der Waals surface area contributed by atoms with E-state index >= 15 is 0 Å². The standard InChI is InChI=1S/C124H110N4O16/c1-5-29-77(30-6-1)45-49-81-89-69-91-82(50-46-78-31-7-2-8-32-78)93-71-95-84(52-48-80-35-11-4-12-36-80)96-72-94-83(51-47-79-33-9-3-10-34-79)92-70-90(81)114-122-116(92)140-75-142-118(94)124-120(96)144-76-143-119(95)123-117(93)141-74-139-115(91)121(113(89)137-73-138-114)133-65-25-21-61-129-105-41-17-13-37-85(105)109-97-53-54-98(125-97)110(86-38-14-18-42-106(86)130-62-22-26-66-134-122)100-56-58-102(127-100)112(88-40-16-20-44-108(88)132-64-24-28-68-136-124)104-60-59-103(128-104)111(101-57-55-99(109)126-101)87-39-15-19-43-107(87)131-63-23-27-67-135-123/h1-20,29-44,53-60,69-72,81-84,125,128H,21-28,45-52,61-68,73-76H2. The van der Waals surface area contributed by atoms with E-state index in [0.717, 1.165) is 133 Å². The summed E-state index contributed by atoms with van der Waals surface area (Å²) in [6.45, 7) is 1.05. The van der Waals surface area contributed by atoms with Crippen LogP contribution in [0.25, 0.3) is 90.9 Å². The third kappa shape index (κ3) is 17.5. The van der Waals surface area contributed by atoms with Gasteiger partial charge in [0.15, 0.2) is 46.0 Å². The molecule has 0 spiro atoms. The van der Waals surface area contributed by atoms with Crippen LogP contribution in [0.5, 0.6) is 92.0 Å². The van der Waals surface area contributed by atoms with Crippen molar-refractivity contribution in [2.45, 2.75) is 126 Å². The molecule has 0 amide bonds. The quantitative estimate of drug-likeness (QED) is 0.117. The number of benzene rings is 12. The summed E-state index contributed by atoms with van der Waals surface area (Å²) in [6.07, 6.45) is 17.7. The van der Waals surface area contributed by atoms with Gasteiger partial charge in [0.05, 0.1) is 75.6 Å². The van der Waals surface area contributed by atoms with E-state index in [1.165, 1.54) is 0 Å². The number of aryl methyl sites for hydroxylation is 4. The van der Waals surface area contributed by atoms with E-state index in [-0.39, 0.29) is 53.6 Å². The Balaban J connectivity index is 0.804. The predicted octanol–water partition coefficient (Wildman–Crippen LogP) is 27.5. The van der Waals surface area contributed by atoms with Crippen molar-refractivity contribution in [3.63, 3.8) is 0 Å². The van der Waals surface area contributed by atoms with Crippen LogP contribution in [-0.4, -0.2) is 100.0 Å². The first kappa shape index (κ1) is 89.4. The Kier molecular flexibility index (Phi) is 25.0. The Morgan fingerprint density at radius 2 is 0.396 bits per heavy atom. The molecular formula is C124H110N4O16. The lowest BCUT2D eigenvalue weighted by atomic mass is 9.75. The number of rotatable bonds is 12. The highest BCUT2D eigenvalue weighted by molar-refractivity contribution is 6.02. The fourth-order valence-corrected chi connectivity index (χ4v) is 22.5. The molecule has 0 aliphatic carbocycles. The van der Waals surface area contributed by atoms with Crippen molar-refractivity contribution in [2.24, 2.45) is 0 Å². The number of hydrogen-bond acceptors (Lipinski definition) is 18. The zero-order chi connectivity index (χ0) is 95.6. The van der Waals surface area contributed by atoms with Gasteiger partial charge in [0.2, 0.25) is 50.2 Å². The number of H-pyrrole nitrogens is 2. The number of hydrogen-bond donors (Lipinski definition) is 2. The molecule has 0 unspecified atom stereocenters. The molecular weight excluding hydrogens is 1800 g/mol. The van der Waals surface area contributed by atoms with Crippen LogP contribution in [-0.2, 0) is 25.7 Å². The van der Waals surface area contributed by atoms with Crippen molar-refractivity contribution < 1.29 is 75.8 Å². The Labute approximate surface area is 836 Å². The van der Waals surface area contributed by atoms with Crippen LogP contribution in [0.15, 0.2) is 267 Å². The Morgan fingerprint density at radius 3 is 0.611 bits per heavy atom. The molecule has 0 fully saturated rings. The number of aromatic amines is 2. The summed E-state index contributed by atoms with van der Waals surface area (Å²) in [5, 5.41) is 0. The number of nitrogens with one attached hydrogen (secondary N) is 2. The first-order chi connectivity index (χ1) is 71.5. The first-order valence-electron chi connectivity index (χ1n) is 51.0. The van der Waals surface area contributed by atoms with E-state index in [2.05, 4.69) is 277 Å². The van der Waals surface area contributed by atoms with Gasteiger partial charge in [-0.1, -0.05) is 194 Å². The summed E-state index contributed by atoms with van der Waals surface area (Å²) < 4.78 is 120. The van der Waals surface area contributed by atoms with Crippen molar-refractivity contribution in [3.05, 3.63) is 356 Å². The Hall–Kier alpha value is -16.0. The monoisotopic (exact) mass is 1910 g/mol. The molecule has 0 atom stereocenters. The second-order valence-electron chi connectivity index (χ2n) is 38.2. The molecule has 3 aromatic heterocycles. The van der Waals surface area contributed by atoms with Crippen LogP contribution >= 0.6 is 0 Å². The van der Waals surface area contributed by atoms with Gasteiger partial charge in [-0.3, -0.25) is 0 Å². The number of fused-ring (bicyclic) bond motifs is 6. The topological polar surface area (TPSA) is 205 Å². The molecule has 13 aliphatic rings. The lowest BCUT2D eigenvalue weighted by molar-refractivity contribution is 0.0818. The third-order valence-corrected chi connectivity index (χ3v) is 29.4. The van der Waals surface area contributed by atoms with Gasteiger partial charge in [0.25, 0.3) is 0 Å². The van der Waals surface area contributed by atoms with Crippen molar-refractivity contribution in [1.29, 1.82) is 0 Å². The second-order valence-corrected chi connectivity index (χ2v) is 38.2. The van der Waals surface area contributed by atoms with E-state index in [4.69, 9.17) is 85.8 Å². The highest BCUT2D eigenvalue weighted by Gasteiger charge is 2.45. The number of aromatic nitrogens is 4. The van der Waals surface area contributed by atoms with Crippen molar-refractivity contribution in [3.8, 4) is 136 Å². The maximum atomic E-state index is 7.72. The normalized spacial score (nSPS) is 17.4. The van der Waals surface area contributed by atoms with Crippen molar-refractivity contribution in [1.82, 2.24) is 19.9 Å². The largest absolute Gasteiger partial charge is 0.493 e. The van der Waals surface area contributed by atoms with Gasteiger partial charge in [-0.15, -0.1) is 0 Å². The van der Waals surface area contributed by atoms with Crippen LogP contribution in [0, 0.1) is 0 Å². The van der Waals surface area contributed by atoms with Gasteiger partial charge in [-0.25, -0.2) is 9.97 Å². The fraction of sp³-hybridized carbons (Fsp3) is 0.258. The molecule has 0 saturated heterocycles. The van der Waals surface area contributed by atoms with Crippen molar-refractivity contribution >= 4 is 46.4 Å². The molecule has 144 heavy (non-hydrogen) atoms. The van der Waals surface area contributed by atoms with E-state index in [0.29, 0.717) is 244 Å². The van der Waals surface area contributed by atoms with Gasteiger partial charge < -0.3 is 85.8 Å². The van der Waals surface area contributed by atoms with Crippen LogP contribution in [0.2, 0.25) is 0 Å². The molecule has 20 nitrogen and oxygen atoms in total. The zero-order valence-corrected chi connectivity index (χ0v) is 80.2. The summed E-state index contributed by atoms with van der Waals surface area (Å²) in [6, 6.07) is 94.4. The van der Waals surface area contributed by atoms with E-state index < -0.39 is 23.7 Å². The lowest BCUT2D eigenvalue weighted by Crippen LogP contribution is -2.25. The second kappa shape index (κ2) is 40.2. The molecule has 0 saturated carbocycles. The molecule has 16 heterocycles. The van der Waals surface area contributed by atoms with E-state index in [9.17, 15) is 0 Å². The molecule has 722 valence electrons. The molecule has 13 aliphatic heterocycles. The van der Waals surface area contributed by atoms with Gasteiger partial charge >= 0.3 is 0 Å². The zero-order valence-electron chi connectivity index (χ0n) is 80.2. The highest BCUT2D eigenvalue weighted by atomic mass is 16.7. The maximum Gasteiger partial charge on any atom is 0.231 e. The van der Waals surface area contributed by atoms with Crippen molar-refractivity contribution in [2.75, 3.05) is 80.0 Å². The minimum Gasteiger partial charge on any atom is -0.493 e. The third-order valence-electron chi connectivity index (χ3n) is 29.4. The molecule has 20 heteroatoms. The Bertz CT molecular complexity index is 6600. The summed E-state index contributed by atoms with van der Waals surface area (Å²) in [4.78, 5) is 19.8. The average Bonchev–Trinajstić information content (AvgIpc) is 0.919. The average molecular weight is 1910 g/mol. The minimum absolute atomic E-state index is 0.223. The lowest BCUT2D eigenvalue weighted by Gasteiger charge is -2.37. The Morgan fingerprint density at radius 1 is 0.201 bits per heavy atom. The molecule has 28 rings (SSSR count). The molecule has 0 radical (unpaired) electrons. The first-order valence-corrected chi connectivity index (χ1v) is 51.0. The highest BCUT2D eigenvalue weighted by Crippen LogP contribution is 2.64. The van der Waals surface area contributed by atoms with Crippen LogP contribution in [0.4, 0.5) is 0 Å². The minimum atomic E-state index is -0.532. The summed E-state index contributed by atoms with van der Waals surface area (Å²) in [7, 11) is 0. The smallest absolute Gasteiger partial charge is 0.231 e. The number of para-hydroxylation sites is 4. The summed E-state index contributed by atoms with van der Waals surface area (Å²) in [5.41, 5.74) is 24.2. The maximum absolute atomic E-state index is 7.72. The molecule has 2 N–H and O–H groups in total. The summed E-state index contributed by atoms with van der Waals surface area (Å²) in [5.74, 6) is 6.23. The SMILES string of the molecule is C1=Cc2nc1c1c3ccc([nH]3)c3c4nc(c5c6ccc([nH]6)c2-c2ccccc2OCCCCOc2c6c7cc8c2OCOc2c(cc9c(c2OCCCCOc2ccccc2-5)OCOc2c(cc5c(c2OCCCCOc2ccccc2-3)OCOc2c(cc(c(c2OCCCCOc2ccccc2-1)OCO6)C7CCc1ccccc1)C5CCc1ccccc1)C9CCc1ccccc1)C8CCc1ccccc1)C=C4. The van der Waals surface area contributed by atoms with Crippen LogP contribution in [0.3, 0.4) is 0 Å². The van der Waals surface area contributed by atoms with Gasteiger partial charge in [-0.2, -0.15) is 0 Å². The van der Waals surface area contributed by atoms with Crippen LogP contribution < -0.4 is 75.8 Å². The fourth-order valence-electron chi connectivity index (χ4n) is 22.5. The van der Waals surface area contributed by atoms with E-state index in [1.54, 1.807) is 0 Å². The number of ether oxygens (including phenoxy) is 16. The van der Waals surface area contributed by atoms with Gasteiger partial charge in [-0.05, 0) is 222 Å². The summed E-state index contributed by atoms with van der Waals surface area (Å²) >= 11 is 0. The van der Waals surface area contributed by atoms with Crippen LogP contribution in [0.1, 0.15) is 190 Å². The number of nitrogens with zero attached hydrogens (tertiary/aromatic N) is 2. The van der Waals surface area contributed by atoms with E-state index in [1.807, 2.05) is 24.3 Å². The van der Waals surface area contributed by atoms with Gasteiger partial charge in [0.1, 0.15) is 23.0 Å². The molecule has 15 aromatic rings. The molecule has 12 aromatic carbocycles.